The Morgan fingerprint density at radius 1 is 1.40 bits per heavy atom. The van der Waals surface area contributed by atoms with Crippen LogP contribution in [0.3, 0.4) is 0 Å². The third-order valence-corrected chi connectivity index (χ3v) is 2.27. The first kappa shape index (κ1) is 18.1. The standard InChI is InChI=1S/C8H18N2O2.C7H5N/c1-3-5-12-8(11)7(9)6-10-4-2;8-6-7-4-2-1-3-5-7/h7,10H,3-6,9H2,1-2H3;1-5H. The Balaban J connectivity index is 0.000000388. The first-order valence-electron chi connectivity index (χ1n) is 6.73. The quantitative estimate of drug-likeness (QED) is 0.768. The van der Waals surface area contributed by atoms with Gasteiger partial charge in [0, 0.05) is 6.54 Å². The second kappa shape index (κ2) is 12.2. The zero-order chi connectivity index (χ0) is 15.2. The average Bonchev–Trinajstić information content (AvgIpc) is 2.51. The van der Waals surface area contributed by atoms with Gasteiger partial charge in [-0.2, -0.15) is 5.26 Å². The number of nitrogens with two attached hydrogens (primary N) is 1. The number of esters is 1. The Morgan fingerprint density at radius 2 is 2.05 bits per heavy atom. The van der Waals surface area contributed by atoms with Gasteiger partial charge in [0.25, 0.3) is 0 Å². The maximum atomic E-state index is 11.0. The predicted octanol–water partition coefficient (Wildman–Crippen LogP) is 1.43. The monoisotopic (exact) mass is 277 g/mol. The Hall–Kier alpha value is -1.90. The maximum Gasteiger partial charge on any atom is 0.324 e. The fourth-order valence-electron chi connectivity index (χ4n) is 1.21. The van der Waals surface area contributed by atoms with Crippen LogP contribution in [0.25, 0.3) is 0 Å². The summed E-state index contributed by atoms with van der Waals surface area (Å²) >= 11 is 0. The third-order valence-electron chi connectivity index (χ3n) is 2.27. The third kappa shape index (κ3) is 9.09. The molecule has 5 heteroatoms. The average molecular weight is 277 g/mol. The van der Waals surface area contributed by atoms with Crippen molar-refractivity contribution in [1.29, 1.82) is 5.26 Å². The van der Waals surface area contributed by atoms with Crippen LogP contribution >= 0.6 is 0 Å². The van der Waals surface area contributed by atoms with Crippen LogP contribution in [0.2, 0.25) is 0 Å². The van der Waals surface area contributed by atoms with Gasteiger partial charge in [-0.05, 0) is 25.1 Å². The Bertz CT molecular complexity index is 401. The molecule has 0 aliphatic rings. The van der Waals surface area contributed by atoms with E-state index in [2.05, 4.69) is 5.32 Å². The largest absolute Gasteiger partial charge is 0.465 e. The molecule has 110 valence electrons. The Labute approximate surface area is 120 Å². The van der Waals surface area contributed by atoms with Crippen LogP contribution < -0.4 is 11.1 Å². The summed E-state index contributed by atoms with van der Waals surface area (Å²) in [5, 5.41) is 11.3. The van der Waals surface area contributed by atoms with Gasteiger partial charge in [-0.3, -0.25) is 4.79 Å². The van der Waals surface area contributed by atoms with E-state index < -0.39 is 6.04 Å². The maximum absolute atomic E-state index is 11.0. The molecule has 0 fully saturated rings. The number of ether oxygens (including phenoxy) is 1. The van der Waals surface area contributed by atoms with Gasteiger partial charge in [0.05, 0.1) is 18.2 Å². The van der Waals surface area contributed by atoms with E-state index in [0.29, 0.717) is 18.7 Å². The van der Waals surface area contributed by atoms with Gasteiger partial charge in [0.1, 0.15) is 6.04 Å². The normalized spacial score (nSPS) is 10.7. The number of hydrogen-bond donors (Lipinski definition) is 2. The summed E-state index contributed by atoms with van der Waals surface area (Å²) in [6.45, 7) is 5.67. The van der Waals surface area contributed by atoms with Gasteiger partial charge in [-0.1, -0.05) is 32.0 Å². The van der Waals surface area contributed by atoms with E-state index in [4.69, 9.17) is 15.7 Å². The van der Waals surface area contributed by atoms with Gasteiger partial charge in [-0.15, -0.1) is 0 Å². The molecule has 0 radical (unpaired) electrons. The van der Waals surface area contributed by atoms with Crippen LogP contribution in [0.15, 0.2) is 30.3 Å². The molecule has 1 rings (SSSR count). The molecule has 0 aliphatic carbocycles. The minimum absolute atomic E-state index is 0.321. The van der Waals surface area contributed by atoms with Crippen LogP contribution in [-0.4, -0.2) is 31.7 Å². The van der Waals surface area contributed by atoms with Gasteiger partial charge < -0.3 is 15.8 Å². The van der Waals surface area contributed by atoms with E-state index >= 15 is 0 Å². The van der Waals surface area contributed by atoms with Gasteiger partial charge >= 0.3 is 5.97 Å². The van der Waals surface area contributed by atoms with Crippen molar-refractivity contribution in [1.82, 2.24) is 5.32 Å². The smallest absolute Gasteiger partial charge is 0.324 e. The summed E-state index contributed by atoms with van der Waals surface area (Å²) in [5.41, 5.74) is 6.22. The lowest BCUT2D eigenvalue weighted by molar-refractivity contribution is -0.145. The number of nitriles is 1. The molecule has 0 amide bonds. The van der Waals surface area contributed by atoms with E-state index in [1.165, 1.54) is 0 Å². The molecule has 0 bridgehead atoms. The number of nitrogens with one attached hydrogen (secondary N) is 1. The van der Waals surface area contributed by atoms with Crippen molar-refractivity contribution in [2.75, 3.05) is 19.7 Å². The molecular weight excluding hydrogens is 254 g/mol. The zero-order valence-electron chi connectivity index (χ0n) is 12.1. The molecule has 0 aromatic heterocycles. The predicted molar refractivity (Wildman–Crippen MR) is 78.9 cm³/mol. The minimum Gasteiger partial charge on any atom is -0.465 e. The van der Waals surface area contributed by atoms with E-state index in [-0.39, 0.29) is 5.97 Å². The van der Waals surface area contributed by atoms with Crippen molar-refractivity contribution < 1.29 is 9.53 Å². The first-order valence-corrected chi connectivity index (χ1v) is 6.73. The highest BCUT2D eigenvalue weighted by Gasteiger charge is 2.12. The molecule has 1 aromatic carbocycles. The lowest BCUT2D eigenvalue weighted by Crippen LogP contribution is -2.41. The van der Waals surface area contributed by atoms with E-state index in [9.17, 15) is 4.79 Å². The molecule has 0 saturated heterocycles. The molecule has 3 N–H and O–H groups in total. The molecule has 0 heterocycles. The van der Waals surface area contributed by atoms with Gasteiger partial charge in [0.2, 0.25) is 0 Å². The van der Waals surface area contributed by atoms with Crippen molar-refractivity contribution in [3.8, 4) is 6.07 Å². The second-order valence-corrected chi connectivity index (χ2v) is 4.06. The summed E-state index contributed by atoms with van der Waals surface area (Å²) in [6.07, 6.45) is 0.833. The van der Waals surface area contributed by atoms with Crippen LogP contribution in [0.1, 0.15) is 25.8 Å². The second-order valence-electron chi connectivity index (χ2n) is 4.06. The van der Waals surface area contributed by atoms with Crippen LogP contribution in [0.5, 0.6) is 0 Å². The number of hydrogen-bond acceptors (Lipinski definition) is 5. The number of rotatable bonds is 6. The molecule has 0 spiro atoms. The van der Waals surface area contributed by atoms with Crippen molar-refractivity contribution in [2.45, 2.75) is 26.3 Å². The summed E-state index contributed by atoms with van der Waals surface area (Å²) < 4.78 is 4.85. The van der Waals surface area contributed by atoms with Gasteiger partial charge in [-0.25, -0.2) is 0 Å². The number of carbonyl (C=O) groups is 1. The zero-order valence-corrected chi connectivity index (χ0v) is 12.1. The summed E-state index contributed by atoms with van der Waals surface area (Å²) in [7, 11) is 0. The van der Waals surface area contributed by atoms with Crippen molar-refractivity contribution in [2.24, 2.45) is 5.73 Å². The first-order chi connectivity index (χ1) is 9.65. The topological polar surface area (TPSA) is 88.1 Å². The van der Waals surface area contributed by atoms with Crippen LogP contribution in [0.4, 0.5) is 0 Å². The van der Waals surface area contributed by atoms with Gasteiger partial charge in [0.15, 0.2) is 0 Å². The summed E-state index contributed by atoms with van der Waals surface area (Å²) in [6, 6.07) is 10.6. The van der Waals surface area contributed by atoms with Crippen molar-refractivity contribution >= 4 is 5.97 Å². The number of carbonyl (C=O) groups excluding carboxylic acids is 1. The molecule has 0 aliphatic heterocycles. The van der Waals surface area contributed by atoms with Crippen molar-refractivity contribution in [3.05, 3.63) is 35.9 Å². The Morgan fingerprint density at radius 3 is 2.50 bits per heavy atom. The van der Waals surface area contributed by atoms with Crippen LogP contribution in [0, 0.1) is 11.3 Å². The molecule has 1 unspecified atom stereocenters. The number of benzene rings is 1. The lowest BCUT2D eigenvalue weighted by atomic mass is 10.2. The SMILES string of the molecule is CCCOC(=O)C(N)CNCC.N#Cc1ccccc1. The molecule has 1 atom stereocenters. The molecule has 1 aromatic rings. The van der Waals surface area contributed by atoms with Crippen molar-refractivity contribution in [3.63, 3.8) is 0 Å². The molecule has 0 saturated carbocycles. The minimum atomic E-state index is -0.531. The Kier molecular flexibility index (Phi) is 11.0. The molecule has 20 heavy (non-hydrogen) atoms. The van der Waals surface area contributed by atoms with E-state index in [0.717, 1.165) is 13.0 Å². The number of likely N-dealkylation sites (N-methyl/N-ethyl adjacent to an activating group) is 1. The van der Waals surface area contributed by atoms with Crippen LogP contribution in [-0.2, 0) is 9.53 Å². The fraction of sp³-hybridized carbons (Fsp3) is 0.467. The summed E-state index contributed by atoms with van der Waals surface area (Å²) in [5.74, 6) is -0.321. The highest BCUT2D eigenvalue weighted by atomic mass is 16.5. The summed E-state index contributed by atoms with van der Waals surface area (Å²) in [4.78, 5) is 11.0. The molecule has 5 nitrogen and oxygen atoms in total. The highest BCUT2D eigenvalue weighted by molar-refractivity contribution is 5.75. The lowest BCUT2D eigenvalue weighted by Gasteiger charge is -2.10. The highest BCUT2D eigenvalue weighted by Crippen LogP contribution is 1.93. The van der Waals surface area contributed by atoms with E-state index in [1.54, 1.807) is 12.1 Å². The fourth-order valence-corrected chi connectivity index (χ4v) is 1.21. The number of nitrogens with zero attached hydrogens (tertiary/aromatic N) is 1. The van der Waals surface area contributed by atoms with E-state index in [1.807, 2.05) is 38.1 Å². The molecular formula is C15H23N3O2.